The molecule has 0 radical (unpaired) electrons. The van der Waals surface area contributed by atoms with Crippen molar-refractivity contribution in [3.63, 3.8) is 0 Å². The number of esters is 1. The highest BCUT2D eigenvalue weighted by Gasteiger charge is 2.38. The van der Waals surface area contributed by atoms with Crippen LogP contribution in [0.5, 0.6) is 0 Å². The van der Waals surface area contributed by atoms with Crippen molar-refractivity contribution in [3.8, 4) is 0 Å². The predicted octanol–water partition coefficient (Wildman–Crippen LogP) is 4.01. The van der Waals surface area contributed by atoms with Gasteiger partial charge in [0.05, 0.1) is 28.8 Å². The summed E-state index contributed by atoms with van der Waals surface area (Å²) in [6, 6.07) is 14.0. The van der Waals surface area contributed by atoms with Crippen LogP contribution in [0.4, 0.5) is 4.79 Å². The highest BCUT2D eigenvalue weighted by atomic mass is 35.5. The molecule has 1 unspecified atom stereocenters. The molecule has 0 saturated carbocycles. The molecule has 2 aromatic carbocycles. The molecule has 2 aromatic rings. The number of halogens is 1. The van der Waals surface area contributed by atoms with E-state index in [0.29, 0.717) is 61.1 Å². The van der Waals surface area contributed by atoms with Gasteiger partial charge in [-0.05, 0) is 38.5 Å². The zero-order valence-corrected chi connectivity index (χ0v) is 22.3. The standard InChI is InChI=1S/C28H33ClN4O4/c1-4-33-23(18-31-14-16-32(17-15-31)26(34)21-8-6-7-9-22(21)29)24(27(35)37-5-2)25(30-28(33)36)20-12-10-19(3)11-13-20/h6-13,25H,4-5,14-18H2,1-3H3,(H,30,36). The molecule has 8 nitrogen and oxygen atoms in total. The number of benzene rings is 2. The second-order valence-corrected chi connectivity index (χ2v) is 9.57. The van der Waals surface area contributed by atoms with Gasteiger partial charge in [-0.15, -0.1) is 0 Å². The van der Waals surface area contributed by atoms with Crippen LogP contribution in [0.15, 0.2) is 59.8 Å². The van der Waals surface area contributed by atoms with E-state index in [1.807, 2.05) is 38.1 Å². The molecule has 2 heterocycles. The second kappa shape index (κ2) is 11.8. The summed E-state index contributed by atoms with van der Waals surface area (Å²) in [5.41, 5.74) is 3.49. The molecular weight excluding hydrogens is 492 g/mol. The summed E-state index contributed by atoms with van der Waals surface area (Å²) < 4.78 is 5.45. The maximum atomic E-state index is 13.3. The van der Waals surface area contributed by atoms with Crippen LogP contribution in [0.1, 0.15) is 41.4 Å². The zero-order valence-electron chi connectivity index (χ0n) is 21.5. The lowest BCUT2D eigenvalue weighted by Crippen LogP contribution is -2.53. The van der Waals surface area contributed by atoms with Gasteiger partial charge in [-0.1, -0.05) is 53.6 Å². The largest absolute Gasteiger partial charge is 0.463 e. The number of piperazine rings is 1. The molecule has 37 heavy (non-hydrogen) atoms. The van der Waals surface area contributed by atoms with E-state index in [1.165, 1.54) is 0 Å². The number of rotatable bonds is 7. The van der Waals surface area contributed by atoms with Crippen molar-refractivity contribution >= 4 is 29.5 Å². The van der Waals surface area contributed by atoms with Gasteiger partial charge in [0.15, 0.2) is 0 Å². The van der Waals surface area contributed by atoms with Crippen molar-refractivity contribution in [1.29, 1.82) is 0 Å². The topological polar surface area (TPSA) is 82.2 Å². The number of nitrogens with one attached hydrogen (secondary N) is 1. The summed E-state index contributed by atoms with van der Waals surface area (Å²) in [5.74, 6) is -0.530. The Bertz CT molecular complexity index is 1190. The quantitative estimate of drug-likeness (QED) is 0.553. The molecule has 1 fully saturated rings. The first-order valence-electron chi connectivity index (χ1n) is 12.6. The van der Waals surface area contributed by atoms with E-state index in [1.54, 1.807) is 41.0 Å². The molecule has 3 amide bonds. The van der Waals surface area contributed by atoms with Gasteiger partial charge in [0.2, 0.25) is 0 Å². The van der Waals surface area contributed by atoms with Crippen LogP contribution >= 0.6 is 11.6 Å². The van der Waals surface area contributed by atoms with E-state index in [4.69, 9.17) is 16.3 Å². The minimum atomic E-state index is -0.604. The third-order valence-corrected chi connectivity index (χ3v) is 7.13. The van der Waals surface area contributed by atoms with Gasteiger partial charge in [-0.2, -0.15) is 0 Å². The van der Waals surface area contributed by atoms with Crippen molar-refractivity contribution in [3.05, 3.63) is 81.5 Å². The van der Waals surface area contributed by atoms with E-state index >= 15 is 0 Å². The molecule has 0 aromatic heterocycles. The summed E-state index contributed by atoms with van der Waals surface area (Å²) in [5, 5.41) is 3.44. The molecule has 0 aliphatic carbocycles. The van der Waals surface area contributed by atoms with Crippen molar-refractivity contribution in [1.82, 2.24) is 20.0 Å². The van der Waals surface area contributed by atoms with Gasteiger partial charge >= 0.3 is 12.0 Å². The number of ether oxygens (including phenoxy) is 1. The first-order chi connectivity index (χ1) is 17.8. The van der Waals surface area contributed by atoms with E-state index in [0.717, 1.165) is 11.1 Å². The molecule has 2 aliphatic heterocycles. The van der Waals surface area contributed by atoms with Crippen LogP contribution in [0.25, 0.3) is 0 Å². The minimum Gasteiger partial charge on any atom is -0.463 e. The summed E-state index contributed by atoms with van der Waals surface area (Å²) in [4.78, 5) is 44.9. The average molecular weight is 525 g/mol. The zero-order chi connectivity index (χ0) is 26.5. The van der Waals surface area contributed by atoms with Crippen molar-refractivity contribution in [2.24, 2.45) is 0 Å². The fraction of sp³-hybridized carbons (Fsp3) is 0.393. The molecule has 1 N–H and O–H groups in total. The Morgan fingerprint density at radius 1 is 1.03 bits per heavy atom. The number of hydrogen-bond donors (Lipinski definition) is 1. The molecule has 9 heteroatoms. The van der Waals surface area contributed by atoms with Crippen LogP contribution < -0.4 is 5.32 Å². The van der Waals surface area contributed by atoms with Crippen LogP contribution in [-0.2, 0) is 9.53 Å². The lowest BCUT2D eigenvalue weighted by molar-refractivity contribution is -0.139. The highest BCUT2D eigenvalue weighted by molar-refractivity contribution is 6.33. The lowest BCUT2D eigenvalue weighted by atomic mass is 9.93. The van der Waals surface area contributed by atoms with Gasteiger partial charge in [0, 0.05) is 45.0 Å². The fourth-order valence-corrected chi connectivity index (χ4v) is 5.01. The van der Waals surface area contributed by atoms with Crippen LogP contribution in [-0.4, -0.2) is 78.5 Å². The maximum Gasteiger partial charge on any atom is 0.338 e. The number of hydrogen-bond acceptors (Lipinski definition) is 5. The Balaban J connectivity index is 1.59. The van der Waals surface area contributed by atoms with Crippen molar-refractivity contribution < 1.29 is 19.1 Å². The number of nitrogens with zero attached hydrogens (tertiary/aromatic N) is 3. The van der Waals surface area contributed by atoms with Gasteiger partial charge in [0.1, 0.15) is 0 Å². The van der Waals surface area contributed by atoms with Crippen LogP contribution in [0.3, 0.4) is 0 Å². The Kier molecular flexibility index (Phi) is 8.51. The smallest absolute Gasteiger partial charge is 0.338 e. The molecule has 0 spiro atoms. The number of amides is 3. The fourth-order valence-electron chi connectivity index (χ4n) is 4.79. The first-order valence-corrected chi connectivity index (χ1v) is 13.0. The predicted molar refractivity (Wildman–Crippen MR) is 142 cm³/mol. The number of likely N-dealkylation sites (N-methyl/N-ethyl adjacent to an activating group) is 1. The monoisotopic (exact) mass is 524 g/mol. The summed E-state index contributed by atoms with van der Waals surface area (Å²) in [6.07, 6.45) is 0. The van der Waals surface area contributed by atoms with Gasteiger partial charge in [-0.3, -0.25) is 14.6 Å². The summed E-state index contributed by atoms with van der Waals surface area (Å²) in [6.45, 7) is 8.93. The average Bonchev–Trinajstić information content (AvgIpc) is 2.89. The van der Waals surface area contributed by atoms with E-state index in [-0.39, 0.29) is 18.5 Å². The third kappa shape index (κ3) is 5.81. The van der Waals surface area contributed by atoms with Crippen molar-refractivity contribution in [2.45, 2.75) is 26.8 Å². The normalized spacial score (nSPS) is 18.6. The first kappa shape index (κ1) is 26.7. The Labute approximate surface area is 222 Å². The van der Waals surface area contributed by atoms with Crippen LogP contribution in [0.2, 0.25) is 5.02 Å². The van der Waals surface area contributed by atoms with Gasteiger partial charge in [0.25, 0.3) is 5.91 Å². The number of aryl methyl sites for hydroxylation is 1. The van der Waals surface area contributed by atoms with Gasteiger partial charge < -0.3 is 15.0 Å². The lowest BCUT2D eigenvalue weighted by Gasteiger charge is -2.40. The molecule has 1 saturated heterocycles. The number of carbonyl (C=O) groups is 3. The molecule has 1 atom stereocenters. The molecular formula is C28H33ClN4O4. The minimum absolute atomic E-state index is 0.0941. The number of carbonyl (C=O) groups excluding carboxylic acids is 3. The summed E-state index contributed by atoms with van der Waals surface area (Å²) in [7, 11) is 0. The van der Waals surface area contributed by atoms with E-state index in [9.17, 15) is 14.4 Å². The Morgan fingerprint density at radius 2 is 1.70 bits per heavy atom. The van der Waals surface area contributed by atoms with Crippen LogP contribution in [0, 0.1) is 6.92 Å². The molecule has 2 aliphatic rings. The van der Waals surface area contributed by atoms with E-state index in [2.05, 4.69) is 10.2 Å². The van der Waals surface area contributed by atoms with E-state index < -0.39 is 12.0 Å². The highest BCUT2D eigenvalue weighted by Crippen LogP contribution is 2.32. The summed E-state index contributed by atoms with van der Waals surface area (Å²) >= 11 is 6.23. The van der Waals surface area contributed by atoms with Gasteiger partial charge in [-0.25, -0.2) is 9.59 Å². The third-order valence-electron chi connectivity index (χ3n) is 6.80. The molecule has 0 bridgehead atoms. The second-order valence-electron chi connectivity index (χ2n) is 9.17. The molecule has 4 rings (SSSR count). The van der Waals surface area contributed by atoms with Crippen molar-refractivity contribution in [2.75, 3.05) is 45.9 Å². The SMILES string of the molecule is CCOC(=O)C1=C(CN2CCN(C(=O)c3ccccc3Cl)CC2)N(CC)C(=O)NC1c1ccc(C)cc1. The Morgan fingerprint density at radius 3 is 2.32 bits per heavy atom. The maximum absolute atomic E-state index is 13.3. The molecule has 196 valence electrons. The number of urea groups is 1. The Hall–Kier alpha value is -3.36.